The second kappa shape index (κ2) is 21.4. The monoisotopic (exact) mass is 738 g/mol. The Labute approximate surface area is 311 Å². The molecule has 2 radical (unpaired) electrons. The van der Waals surface area contributed by atoms with Gasteiger partial charge in [0.1, 0.15) is 18.0 Å². The molecule has 8 nitrogen and oxygen atoms in total. The minimum absolute atomic E-state index is 0.0158. The van der Waals surface area contributed by atoms with Gasteiger partial charge >= 0.3 is 0 Å². The smallest absolute Gasteiger partial charge is 0.206 e. The van der Waals surface area contributed by atoms with Gasteiger partial charge in [-0.25, -0.2) is 0 Å². The largest absolute Gasteiger partial charge is 0.497 e. The molecule has 1 aliphatic rings. The number of hydrogen-bond donors (Lipinski definition) is 0. The highest BCUT2D eigenvalue weighted by Crippen LogP contribution is 2.37. The second-order valence-corrected chi connectivity index (χ2v) is 18.4. The zero-order valence-electron chi connectivity index (χ0n) is 32.8. The summed E-state index contributed by atoms with van der Waals surface area (Å²) in [6.07, 6.45) is 2.19. The van der Waals surface area contributed by atoms with Crippen LogP contribution >= 0.6 is 0 Å². The fourth-order valence-electron chi connectivity index (χ4n) is 6.53. The van der Waals surface area contributed by atoms with E-state index in [2.05, 4.69) is 63.0 Å². The van der Waals surface area contributed by atoms with E-state index in [-0.39, 0.29) is 42.0 Å². The number of methoxy groups -OCH3 is 2. The van der Waals surface area contributed by atoms with E-state index in [1.54, 1.807) is 14.2 Å². The molecule has 10 heteroatoms. The van der Waals surface area contributed by atoms with Crippen LogP contribution in [0.15, 0.2) is 54.6 Å². The molecule has 1 saturated heterocycles. The van der Waals surface area contributed by atoms with Crippen LogP contribution in [0.1, 0.15) is 84.0 Å². The van der Waals surface area contributed by atoms with E-state index < -0.39 is 36.1 Å². The summed E-state index contributed by atoms with van der Waals surface area (Å²) in [5, 5.41) is 0. The van der Waals surface area contributed by atoms with E-state index in [0.29, 0.717) is 13.0 Å². The lowest BCUT2D eigenvalue weighted by atomic mass is 9.84. The number of carbonyl (C=O) groups is 1. The SMILES string of the molecule is CCC(=O)[C@H](O[Si](C)C)[C@H]1OC(C)(C)O[C@@H]([C@@H](C)C#C[C@@H](OC)[C@H](CCCC[C@H](OCc2ccc(OC)cc2)c2ccccc2)O[Si](C)C)[C@H]1C. The number of unbranched alkanes of at least 4 members (excludes halogenated alkanes) is 1. The Morgan fingerprint density at radius 3 is 2.10 bits per heavy atom. The normalized spacial score (nSPS) is 21.7. The third-order valence-corrected chi connectivity index (χ3v) is 10.6. The summed E-state index contributed by atoms with van der Waals surface area (Å²) in [5.41, 5.74) is 2.29. The second-order valence-electron chi connectivity index (χ2n) is 14.3. The van der Waals surface area contributed by atoms with E-state index in [4.69, 9.17) is 32.5 Å². The van der Waals surface area contributed by atoms with Gasteiger partial charge in [0.25, 0.3) is 0 Å². The number of carbonyl (C=O) groups excluding carboxylic acids is 1. The van der Waals surface area contributed by atoms with Crippen LogP contribution in [0.3, 0.4) is 0 Å². The average molecular weight is 739 g/mol. The summed E-state index contributed by atoms with van der Waals surface area (Å²) in [6, 6.07) is 18.5. The molecule has 0 N–H and O–H groups in total. The van der Waals surface area contributed by atoms with Crippen LogP contribution in [0.2, 0.25) is 26.2 Å². The average Bonchev–Trinajstić information content (AvgIpc) is 3.11. The highest BCUT2D eigenvalue weighted by Gasteiger charge is 2.48. The molecule has 1 aliphatic heterocycles. The molecule has 0 aromatic heterocycles. The van der Waals surface area contributed by atoms with Gasteiger partial charge in [0.05, 0.1) is 38.1 Å². The molecule has 3 rings (SSSR count). The van der Waals surface area contributed by atoms with Crippen molar-refractivity contribution in [2.45, 2.75) is 142 Å². The van der Waals surface area contributed by atoms with Gasteiger partial charge < -0.3 is 32.5 Å². The predicted molar refractivity (Wildman–Crippen MR) is 206 cm³/mol. The van der Waals surface area contributed by atoms with Crippen molar-refractivity contribution in [3.63, 3.8) is 0 Å². The van der Waals surface area contributed by atoms with Gasteiger partial charge in [0.2, 0.25) is 18.1 Å². The van der Waals surface area contributed by atoms with Crippen LogP contribution in [0.4, 0.5) is 0 Å². The summed E-state index contributed by atoms with van der Waals surface area (Å²) in [6.45, 7) is 18.7. The lowest BCUT2D eigenvalue weighted by Gasteiger charge is -2.48. The number of ether oxygens (including phenoxy) is 5. The van der Waals surface area contributed by atoms with Crippen molar-refractivity contribution in [3.05, 3.63) is 65.7 Å². The molecule has 1 heterocycles. The Balaban J connectivity index is 1.69. The first-order valence-electron chi connectivity index (χ1n) is 18.4. The van der Waals surface area contributed by atoms with Crippen LogP contribution in [-0.2, 0) is 39.2 Å². The van der Waals surface area contributed by atoms with Crippen LogP contribution in [0.25, 0.3) is 0 Å². The van der Waals surface area contributed by atoms with E-state index in [0.717, 1.165) is 37.0 Å². The minimum Gasteiger partial charge on any atom is -0.497 e. The molecular weight excluding hydrogens is 677 g/mol. The topological polar surface area (TPSA) is 81.7 Å². The molecule has 0 bridgehead atoms. The maximum atomic E-state index is 13.0. The van der Waals surface area contributed by atoms with Crippen molar-refractivity contribution in [2.24, 2.45) is 11.8 Å². The van der Waals surface area contributed by atoms with Crippen LogP contribution in [0.5, 0.6) is 5.75 Å². The summed E-state index contributed by atoms with van der Waals surface area (Å²) >= 11 is 0. The van der Waals surface area contributed by atoms with Gasteiger partial charge in [-0.15, -0.1) is 0 Å². The Hall–Kier alpha value is -2.34. The van der Waals surface area contributed by atoms with Crippen LogP contribution in [-0.4, -0.2) is 74.4 Å². The molecular formula is C41H62O8Si2. The Kier molecular flexibility index (Phi) is 18.1. The first kappa shape index (κ1) is 43.1. The van der Waals surface area contributed by atoms with Gasteiger partial charge in [0, 0.05) is 25.4 Å². The van der Waals surface area contributed by atoms with E-state index in [9.17, 15) is 4.79 Å². The molecule has 0 aliphatic carbocycles. The van der Waals surface area contributed by atoms with Gasteiger partial charge in [-0.3, -0.25) is 4.79 Å². The number of rotatable bonds is 20. The lowest BCUT2D eigenvalue weighted by molar-refractivity contribution is -0.332. The number of Topliss-reactive ketones (excluding diaryl/α,β-unsaturated/α-hetero) is 1. The number of hydrogen-bond acceptors (Lipinski definition) is 8. The van der Waals surface area contributed by atoms with E-state index >= 15 is 0 Å². The van der Waals surface area contributed by atoms with E-state index in [1.807, 2.05) is 64.2 Å². The fraction of sp³-hybridized carbons (Fsp3) is 0.634. The highest BCUT2D eigenvalue weighted by molar-refractivity contribution is 6.48. The molecule has 1 fully saturated rings. The van der Waals surface area contributed by atoms with Gasteiger partial charge in [-0.05, 0) is 83.1 Å². The predicted octanol–water partition coefficient (Wildman–Crippen LogP) is 8.58. The van der Waals surface area contributed by atoms with E-state index in [1.165, 1.54) is 5.56 Å². The summed E-state index contributed by atoms with van der Waals surface area (Å²) in [4.78, 5) is 13.0. The molecule has 0 unspecified atom stereocenters. The summed E-state index contributed by atoms with van der Waals surface area (Å²) in [5.74, 6) is 6.65. The maximum absolute atomic E-state index is 13.0. The molecule has 8 atom stereocenters. The van der Waals surface area contributed by atoms with Crippen molar-refractivity contribution in [3.8, 4) is 17.6 Å². The Bertz CT molecular complexity index is 1360. The zero-order valence-corrected chi connectivity index (χ0v) is 34.8. The molecule has 2 aromatic carbocycles. The quantitative estimate of drug-likeness (QED) is 0.0760. The Morgan fingerprint density at radius 1 is 0.882 bits per heavy atom. The third-order valence-electron chi connectivity index (χ3n) is 9.11. The van der Waals surface area contributed by atoms with Crippen LogP contribution < -0.4 is 4.74 Å². The van der Waals surface area contributed by atoms with Crippen molar-refractivity contribution in [2.75, 3.05) is 14.2 Å². The van der Waals surface area contributed by atoms with Crippen molar-refractivity contribution < 1.29 is 37.3 Å². The van der Waals surface area contributed by atoms with Gasteiger partial charge in [-0.1, -0.05) is 81.0 Å². The summed E-state index contributed by atoms with van der Waals surface area (Å²) < 4.78 is 43.3. The molecule has 51 heavy (non-hydrogen) atoms. The molecule has 0 spiro atoms. The lowest BCUT2D eigenvalue weighted by Crippen LogP contribution is -2.58. The molecule has 282 valence electrons. The minimum atomic E-state index is -1.13. The standard InChI is InChI=1S/C41H62O8Si2/c1-12-34(42)40(49-51(10)11)39-30(3)38(46-41(4,5)47-39)29(2)22-27-36(44-7)37(48-50(8)9)21-17-16-20-35(32-18-14-13-15-19-32)45-28-31-23-25-33(43-6)26-24-31/h13-15,18-19,23-26,29-30,35-40H,12,16-17,20-21,28H2,1-11H3/t29-,30+,35-,36+,37-,38-,39-,40-/m0/s1. The Morgan fingerprint density at radius 2 is 1.51 bits per heavy atom. The fourth-order valence-corrected chi connectivity index (χ4v) is 8.15. The van der Waals surface area contributed by atoms with Crippen molar-refractivity contribution in [1.82, 2.24) is 0 Å². The van der Waals surface area contributed by atoms with Gasteiger partial charge in [0.15, 0.2) is 11.6 Å². The maximum Gasteiger partial charge on any atom is 0.206 e. The van der Waals surface area contributed by atoms with Crippen molar-refractivity contribution in [1.29, 1.82) is 0 Å². The number of ketones is 1. The zero-order chi connectivity index (χ0) is 37.6. The van der Waals surface area contributed by atoms with Gasteiger partial charge in [-0.2, -0.15) is 0 Å². The van der Waals surface area contributed by atoms with Crippen molar-refractivity contribution >= 4 is 23.9 Å². The molecule has 2 aromatic rings. The summed E-state index contributed by atoms with van der Waals surface area (Å²) in [7, 11) is 1.24. The molecule has 0 amide bonds. The molecule has 0 saturated carbocycles. The van der Waals surface area contributed by atoms with Crippen LogP contribution in [0, 0.1) is 23.7 Å². The first-order valence-corrected chi connectivity index (χ1v) is 23.2. The third kappa shape index (κ3) is 13.9. The highest BCUT2D eigenvalue weighted by atomic mass is 28.3. The number of benzene rings is 2. The first-order chi connectivity index (χ1) is 24.3.